The number of sulfonamides is 1. The summed E-state index contributed by atoms with van der Waals surface area (Å²) < 4.78 is 38.5. The summed E-state index contributed by atoms with van der Waals surface area (Å²) in [4.78, 5) is 9.03. The van der Waals surface area contributed by atoms with Crippen molar-refractivity contribution in [2.24, 2.45) is 0 Å². The van der Waals surface area contributed by atoms with E-state index in [1.807, 2.05) is 0 Å². The second-order valence-electron chi connectivity index (χ2n) is 4.33. The summed E-state index contributed by atoms with van der Waals surface area (Å²) in [7, 11) is -4.12. The van der Waals surface area contributed by atoms with Crippen LogP contribution in [0.5, 0.6) is 0 Å². The molecule has 1 fully saturated rings. The van der Waals surface area contributed by atoms with Crippen molar-refractivity contribution in [2.75, 3.05) is 13.1 Å². The van der Waals surface area contributed by atoms with E-state index in [2.05, 4.69) is 0 Å². The molecular weight excluding hydrogens is 295 g/mol. The standard InChI is InChI=1S/C10H11FN2O6S/c11-7-3-6(1-2-8(7)13(16)17)20(18,19)12-4-9(14)10(15)5-12/h1-3,9-10,14-15H,4-5H2/t9-,10+. The van der Waals surface area contributed by atoms with Gasteiger partial charge in [0.25, 0.3) is 0 Å². The normalized spacial score (nSPS) is 23.9. The van der Waals surface area contributed by atoms with E-state index in [0.29, 0.717) is 6.07 Å². The van der Waals surface area contributed by atoms with Gasteiger partial charge in [0.15, 0.2) is 0 Å². The SMILES string of the molecule is O=[N+]([O-])c1ccc(S(=O)(=O)N2C[C@@H](O)[C@@H](O)C2)cc1F. The molecule has 0 spiro atoms. The monoisotopic (exact) mass is 306 g/mol. The highest BCUT2D eigenvalue weighted by molar-refractivity contribution is 7.89. The second-order valence-corrected chi connectivity index (χ2v) is 6.26. The molecule has 0 saturated carbocycles. The lowest BCUT2D eigenvalue weighted by Crippen LogP contribution is -2.30. The molecule has 2 atom stereocenters. The Balaban J connectivity index is 2.36. The van der Waals surface area contributed by atoms with Crippen molar-refractivity contribution in [3.8, 4) is 0 Å². The maximum atomic E-state index is 13.4. The molecule has 20 heavy (non-hydrogen) atoms. The van der Waals surface area contributed by atoms with E-state index in [4.69, 9.17) is 0 Å². The first kappa shape index (κ1) is 14.8. The Bertz CT molecular complexity index is 639. The first-order chi connectivity index (χ1) is 9.23. The van der Waals surface area contributed by atoms with Gasteiger partial charge in [-0.25, -0.2) is 8.42 Å². The molecule has 1 aromatic rings. The number of nitrogens with zero attached hydrogens (tertiary/aromatic N) is 2. The summed E-state index contributed by atoms with van der Waals surface area (Å²) in [5, 5.41) is 29.1. The van der Waals surface area contributed by atoms with Gasteiger partial charge in [-0.05, 0) is 6.07 Å². The zero-order chi connectivity index (χ0) is 15.1. The number of benzene rings is 1. The maximum absolute atomic E-state index is 13.4. The minimum atomic E-state index is -4.12. The van der Waals surface area contributed by atoms with Crippen LogP contribution in [0.25, 0.3) is 0 Å². The minimum absolute atomic E-state index is 0.317. The van der Waals surface area contributed by atoms with Crippen molar-refractivity contribution < 1.29 is 27.9 Å². The largest absolute Gasteiger partial charge is 0.389 e. The van der Waals surface area contributed by atoms with Gasteiger partial charge < -0.3 is 10.2 Å². The van der Waals surface area contributed by atoms with Crippen LogP contribution in [-0.4, -0.2) is 53.2 Å². The highest BCUT2D eigenvalue weighted by Crippen LogP contribution is 2.25. The molecule has 0 aromatic heterocycles. The number of nitro benzene ring substituents is 1. The molecule has 1 aromatic carbocycles. The lowest BCUT2D eigenvalue weighted by atomic mass is 10.3. The van der Waals surface area contributed by atoms with Gasteiger partial charge >= 0.3 is 5.69 Å². The predicted molar refractivity (Wildman–Crippen MR) is 63.8 cm³/mol. The number of halogens is 1. The van der Waals surface area contributed by atoms with Crippen molar-refractivity contribution in [3.05, 3.63) is 34.1 Å². The molecule has 1 saturated heterocycles. The average Bonchev–Trinajstić information content (AvgIpc) is 2.69. The summed E-state index contributed by atoms with van der Waals surface area (Å²) in [5.74, 6) is -1.27. The van der Waals surface area contributed by atoms with Gasteiger partial charge in [0.2, 0.25) is 15.8 Å². The summed E-state index contributed by atoms with van der Waals surface area (Å²) in [6.07, 6.45) is -2.43. The van der Waals surface area contributed by atoms with Crippen molar-refractivity contribution in [1.82, 2.24) is 4.31 Å². The fourth-order valence-corrected chi connectivity index (χ4v) is 3.37. The Morgan fingerprint density at radius 2 is 1.85 bits per heavy atom. The van der Waals surface area contributed by atoms with E-state index in [1.165, 1.54) is 0 Å². The summed E-state index contributed by atoms with van der Waals surface area (Å²) in [6, 6.07) is 2.21. The van der Waals surface area contributed by atoms with Crippen LogP contribution in [0.4, 0.5) is 10.1 Å². The van der Waals surface area contributed by atoms with Crippen LogP contribution in [0.2, 0.25) is 0 Å². The summed E-state index contributed by atoms with van der Waals surface area (Å²) >= 11 is 0. The Hall–Kier alpha value is -1.62. The van der Waals surface area contributed by atoms with Crippen LogP contribution in [0.15, 0.2) is 23.1 Å². The average molecular weight is 306 g/mol. The van der Waals surface area contributed by atoms with Gasteiger partial charge in [0, 0.05) is 25.2 Å². The molecule has 2 rings (SSSR count). The van der Waals surface area contributed by atoms with E-state index in [9.17, 15) is 33.1 Å². The maximum Gasteiger partial charge on any atom is 0.304 e. The van der Waals surface area contributed by atoms with Gasteiger partial charge in [-0.15, -0.1) is 0 Å². The second kappa shape index (κ2) is 5.05. The van der Waals surface area contributed by atoms with Crippen LogP contribution in [0.1, 0.15) is 0 Å². The number of hydrogen-bond donors (Lipinski definition) is 2. The molecule has 1 aliphatic heterocycles. The molecule has 2 N–H and O–H groups in total. The third-order valence-corrected chi connectivity index (χ3v) is 4.81. The topological polar surface area (TPSA) is 121 Å². The molecule has 8 nitrogen and oxygen atoms in total. The van der Waals surface area contributed by atoms with Gasteiger partial charge in [0.1, 0.15) is 0 Å². The van der Waals surface area contributed by atoms with Crippen LogP contribution >= 0.6 is 0 Å². The van der Waals surface area contributed by atoms with Gasteiger partial charge in [-0.3, -0.25) is 10.1 Å². The predicted octanol–water partition coefficient (Wildman–Crippen LogP) is -0.540. The highest BCUT2D eigenvalue weighted by Gasteiger charge is 2.38. The number of nitro groups is 1. The zero-order valence-electron chi connectivity index (χ0n) is 10.0. The Morgan fingerprint density at radius 3 is 2.30 bits per heavy atom. The molecule has 1 aliphatic rings. The molecule has 0 aliphatic carbocycles. The zero-order valence-corrected chi connectivity index (χ0v) is 10.8. The van der Waals surface area contributed by atoms with Crippen molar-refractivity contribution in [2.45, 2.75) is 17.1 Å². The minimum Gasteiger partial charge on any atom is -0.389 e. The van der Waals surface area contributed by atoms with E-state index in [-0.39, 0.29) is 13.1 Å². The van der Waals surface area contributed by atoms with E-state index in [1.54, 1.807) is 0 Å². The van der Waals surface area contributed by atoms with Crippen LogP contribution in [0, 0.1) is 15.9 Å². The molecule has 0 unspecified atom stereocenters. The van der Waals surface area contributed by atoms with Crippen LogP contribution in [-0.2, 0) is 10.0 Å². The van der Waals surface area contributed by atoms with Crippen molar-refractivity contribution in [1.29, 1.82) is 0 Å². The van der Waals surface area contributed by atoms with E-state index in [0.717, 1.165) is 16.4 Å². The summed E-state index contributed by atoms with van der Waals surface area (Å²) in [6.45, 7) is -0.635. The molecule has 0 amide bonds. The van der Waals surface area contributed by atoms with Crippen molar-refractivity contribution >= 4 is 15.7 Å². The number of aliphatic hydroxyl groups is 2. The first-order valence-corrected chi connectivity index (χ1v) is 6.97. The Morgan fingerprint density at radius 1 is 1.30 bits per heavy atom. The highest BCUT2D eigenvalue weighted by atomic mass is 32.2. The molecule has 10 heteroatoms. The third-order valence-electron chi connectivity index (χ3n) is 2.98. The smallest absolute Gasteiger partial charge is 0.304 e. The molecule has 1 heterocycles. The first-order valence-electron chi connectivity index (χ1n) is 5.53. The molecular formula is C10H11FN2O6S. The lowest BCUT2D eigenvalue weighted by Gasteiger charge is -2.15. The van der Waals surface area contributed by atoms with Crippen LogP contribution < -0.4 is 0 Å². The number of β-amino-alcohol motifs (C(OH)–C–C–N with tert-alkyl or cyclic N) is 2. The molecule has 0 radical (unpaired) electrons. The Kier molecular flexibility index (Phi) is 3.73. The lowest BCUT2D eigenvalue weighted by molar-refractivity contribution is -0.387. The molecule has 110 valence electrons. The van der Waals surface area contributed by atoms with Crippen molar-refractivity contribution in [3.63, 3.8) is 0 Å². The van der Waals surface area contributed by atoms with Crippen LogP contribution in [0.3, 0.4) is 0 Å². The number of hydrogen-bond acceptors (Lipinski definition) is 6. The Labute approximate surface area is 113 Å². The molecule has 0 bridgehead atoms. The van der Waals surface area contributed by atoms with Gasteiger partial charge in [-0.2, -0.15) is 8.70 Å². The van der Waals surface area contributed by atoms with E-state index >= 15 is 0 Å². The number of aliphatic hydroxyl groups excluding tert-OH is 2. The quantitative estimate of drug-likeness (QED) is 0.571. The fraction of sp³-hybridized carbons (Fsp3) is 0.400. The number of rotatable bonds is 3. The fourth-order valence-electron chi connectivity index (χ4n) is 1.88. The van der Waals surface area contributed by atoms with E-state index < -0.39 is 43.6 Å². The summed E-state index contributed by atoms with van der Waals surface area (Å²) in [5.41, 5.74) is -0.828. The van der Waals surface area contributed by atoms with Gasteiger partial charge in [-0.1, -0.05) is 0 Å². The van der Waals surface area contributed by atoms with Gasteiger partial charge in [0.05, 0.1) is 22.0 Å². The third kappa shape index (κ3) is 2.50.